The Morgan fingerprint density at radius 1 is 1.02 bits per heavy atom. The molecular weight excluding hydrogens is 656 g/mol. The summed E-state index contributed by atoms with van der Waals surface area (Å²) in [7, 11) is 3.88. The Morgan fingerprint density at radius 2 is 1.75 bits per heavy atom. The predicted molar refractivity (Wildman–Crippen MR) is 186 cm³/mol. The highest BCUT2D eigenvalue weighted by Crippen LogP contribution is 2.42. The van der Waals surface area contributed by atoms with Gasteiger partial charge in [0, 0.05) is 79.2 Å². The molecule has 1 fully saturated rings. The zero-order valence-electron chi connectivity index (χ0n) is 29.0. The Bertz CT molecular complexity index is 2140. The van der Waals surface area contributed by atoms with Gasteiger partial charge in [0.05, 0.1) is 29.0 Å². The number of amides is 2. The maximum absolute atomic E-state index is 13.9. The summed E-state index contributed by atoms with van der Waals surface area (Å²) in [5.74, 6) is -0.137. The van der Waals surface area contributed by atoms with E-state index in [9.17, 15) is 24.3 Å². The molecule has 0 saturated carbocycles. The van der Waals surface area contributed by atoms with Crippen molar-refractivity contribution in [3.63, 3.8) is 0 Å². The number of rotatable bonds is 7. The van der Waals surface area contributed by atoms with Crippen LogP contribution in [0.5, 0.6) is 5.75 Å². The lowest BCUT2D eigenvalue weighted by molar-refractivity contribution is -0.140. The number of carbonyl (C=O) groups excluding carboxylic acids is 3. The summed E-state index contributed by atoms with van der Waals surface area (Å²) < 4.78 is 7.81. The fourth-order valence-electron chi connectivity index (χ4n) is 7.58. The highest BCUT2D eigenvalue weighted by molar-refractivity contribution is 5.94. The van der Waals surface area contributed by atoms with Gasteiger partial charge in [-0.2, -0.15) is 0 Å². The molecule has 2 amide bonds. The zero-order valence-corrected chi connectivity index (χ0v) is 29.0. The molecule has 15 heteroatoms. The summed E-state index contributed by atoms with van der Waals surface area (Å²) in [5.41, 5.74) is 5.31. The molecule has 3 aliphatic rings. The summed E-state index contributed by atoms with van der Waals surface area (Å²) >= 11 is 0. The average molecular weight is 697 g/mol. The van der Waals surface area contributed by atoms with Gasteiger partial charge in [-0.05, 0) is 57.1 Å². The number of ketones is 1. The van der Waals surface area contributed by atoms with Crippen LogP contribution >= 0.6 is 0 Å². The topological polar surface area (TPSA) is 183 Å². The first kappa shape index (κ1) is 34.2. The van der Waals surface area contributed by atoms with E-state index in [1.165, 1.54) is 12.4 Å². The molecule has 0 spiro atoms. The van der Waals surface area contributed by atoms with Crippen LogP contribution in [0, 0.1) is 0 Å². The molecule has 1 aromatic carbocycles. The van der Waals surface area contributed by atoms with E-state index < -0.39 is 17.6 Å². The lowest BCUT2D eigenvalue weighted by Gasteiger charge is -2.34. The van der Waals surface area contributed by atoms with Crippen molar-refractivity contribution in [3.8, 4) is 17.1 Å². The van der Waals surface area contributed by atoms with E-state index >= 15 is 0 Å². The van der Waals surface area contributed by atoms with E-state index in [0.717, 1.165) is 22.1 Å². The summed E-state index contributed by atoms with van der Waals surface area (Å²) in [4.78, 5) is 70.9. The third-order valence-corrected chi connectivity index (χ3v) is 10.3. The molecule has 1 saturated heterocycles. The number of piperazine rings is 1. The van der Waals surface area contributed by atoms with Gasteiger partial charge in [0.15, 0.2) is 5.78 Å². The molecule has 266 valence electrons. The fourth-order valence-corrected chi connectivity index (χ4v) is 7.58. The Kier molecular flexibility index (Phi) is 8.81. The van der Waals surface area contributed by atoms with Gasteiger partial charge in [-0.1, -0.05) is 13.8 Å². The highest BCUT2D eigenvalue weighted by Gasteiger charge is 2.43. The van der Waals surface area contributed by atoms with Crippen molar-refractivity contribution in [1.29, 1.82) is 0 Å². The Labute approximate surface area is 293 Å². The quantitative estimate of drug-likeness (QED) is 0.167. The second kappa shape index (κ2) is 13.1. The number of nitrogens with zero attached hydrogens (tertiary/aromatic N) is 7. The van der Waals surface area contributed by atoms with Crippen molar-refractivity contribution in [1.82, 2.24) is 34.8 Å². The minimum atomic E-state index is -1.70. The number of ether oxygens (including phenoxy) is 1. The van der Waals surface area contributed by atoms with Crippen LogP contribution in [-0.2, 0) is 36.3 Å². The van der Waals surface area contributed by atoms with Crippen molar-refractivity contribution < 1.29 is 29.4 Å². The number of hydroxylamine groups is 1. The molecule has 3 N–H and O–H groups in total. The summed E-state index contributed by atoms with van der Waals surface area (Å²) in [6, 6.07) is 5.38. The molecule has 3 aromatic heterocycles. The van der Waals surface area contributed by atoms with E-state index in [1.54, 1.807) is 34.0 Å². The first-order valence-corrected chi connectivity index (χ1v) is 17.1. The monoisotopic (exact) mass is 696 g/mol. The molecule has 1 atom stereocenters. The van der Waals surface area contributed by atoms with Crippen molar-refractivity contribution in [2.24, 2.45) is 0 Å². The van der Waals surface area contributed by atoms with Crippen LogP contribution in [0.15, 0.2) is 35.4 Å². The number of carbonyl (C=O) groups is 3. The van der Waals surface area contributed by atoms with Crippen LogP contribution in [-0.4, -0.2) is 97.7 Å². The Hall–Kier alpha value is -5.25. The number of pyridine rings is 2. The number of benzene rings is 1. The van der Waals surface area contributed by atoms with Gasteiger partial charge in [0.25, 0.3) is 11.5 Å². The van der Waals surface area contributed by atoms with Crippen LogP contribution in [0.2, 0.25) is 0 Å². The standard InChI is InChI=1S/C36H40N8O7/c1-5-21-23-19-44-27(15-25-22(33(44)47)7-10-29(45)36(25,49)6-2)31(23)39-26-8-9-28(24(30(21)26)18-41(3)4)51-35(48)43-13-11-42(12-14-43)34-37-16-20(17-38-34)32(46)40-50/h8-9,15-17,49-50H,5-7,10-14,18-19H2,1-4H3,(H,40,46)/t36-/m0/s1. The molecule has 15 nitrogen and oxygen atoms in total. The first-order chi connectivity index (χ1) is 24.5. The van der Waals surface area contributed by atoms with Crippen molar-refractivity contribution >= 4 is 34.6 Å². The van der Waals surface area contributed by atoms with Crippen LogP contribution in [0.4, 0.5) is 10.7 Å². The molecule has 4 aromatic rings. The summed E-state index contributed by atoms with van der Waals surface area (Å²) in [6.45, 7) is 6.22. The number of anilines is 1. The maximum Gasteiger partial charge on any atom is 0.415 e. The van der Waals surface area contributed by atoms with E-state index in [4.69, 9.17) is 14.9 Å². The molecule has 5 heterocycles. The third kappa shape index (κ3) is 5.70. The van der Waals surface area contributed by atoms with E-state index in [1.807, 2.05) is 30.0 Å². The molecular formula is C36H40N8O7. The van der Waals surface area contributed by atoms with Gasteiger partial charge in [0.1, 0.15) is 11.4 Å². The van der Waals surface area contributed by atoms with Crippen molar-refractivity contribution in [2.45, 2.75) is 58.2 Å². The molecule has 0 radical (unpaired) electrons. The smallest absolute Gasteiger partial charge is 0.410 e. The molecule has 51 heavy (non-hydrogen) atoms. The van der Waals surface area contributed by atoms with E-state index in [2.05, 4.69) is 16.9 Å². The molecule has 0 unspecified atom stereocenters. The summed E-state index contributed by atoms with van der Waals surface area (Å²) in [6.07, 6.45) is 3.41. The number of hydrogen-bond donors (Lipinski definition) is 3. The van der Waals surface area contributed by atoms with E-state index in [0.29, 0.717) is 91.8 Å². The van der Waals surface area contributed by atoms with Gasteiger partial charge in [-0.25, -0.2) is 25.2 Å². The van der Waals surface area contributed by atoms with Gasteiger partial charge in [-0.15, -0.1) is 0 Å². The SMILES string of the molecule is CCc1c2c(nc3ccc(OC(=O)N4CCN(c5ncc(C(=O)NO)cn5)CC4)c(CN(C)C)c13)-c1cc3c(c(=O)n1C2)CCC(=O)[C@]3(O)CC. The number of fused-ring (bicyclic) bond motifs is 5. The zero-order chi connectivity index (χ0) is 36.2. The number of aryl methyl sites for hydroxylation is 1. The van der Waals surface area contributed by atoms with Gasteiger partial charge in [0.2, 0.25) is 5.95 Å². The van der Waals surface area contributed by atoms with Crippen LogP contribution in [0.3, 0.4) is 0 Å². The van der Waals surface area contributed by atoms with E-state index in [-0.39, 0.29) is 29.7 Å². The lowest BCUT2D eigenvalue weighted by Crippen LogP contribution is -2.50. The Morgan fingerprint density at radius 3 is 2.39 bits per heavy atom. The number of aliphatic hydroxyl groups is 1. The first-order valence-electron chi connectivity index (χ1n) is 17.1. The highest BCUT2D eigenvalue weighted by atomic mass is 16.6. The Balaban J connectivity index is 1.20. The summed E-state index contributed by atoms with van der Waals surface area (Å²) in [5, 5.41) is 21.1. The second-order valence-electron chi connectivity index (χ2n) is 13.5. The molecule has 7 rings (SSSR count). The molecule has 0 bridgehead atoms. The molecule has 2 aliphatic heterocycles. The minimum absolute atomic E-state index is 0.123. The maximum atomic E-state index is 13.9. The van der Waals surface area contributed by atoms with Crippen LogP contribution in [0.25, 0.3) is 22.3 Å². The van der Waals surface area contributed by atoms with Crippen LogP contribution < -0.4 is 20.7 Å². The fraction of sp³-hybridized carbons (Fsp3) is 0.417. The number of aromatic nitrogens is 4. The number of hydrogen-bond acceptors (Lipinski definition) is 12. The largest absolute Gasteiger partial charge is 0.415 e. The average Bonchev–Trinajstić information content (AvgIpc) is 3.51. The van der Waals surface area contributed by atoms with Crippen molar-refractivity contribution in [2.75, 3.05) is 45.2 Å². The molecule has 1 aliphatic carbocycles. The van der Waals surface area contributed by atoms with Gasteiger partial charge < -0.3 is 29.1 Å². The van der Waals surface area contributed by atoms with Crippen LogP contribution in [0.1, 0.15) is 64.9 Å². The number of nitrogens with one attached hydrogen (secondary N) is 1. The second-order valence-corrected chi connectivity index (χ2v) is 13.5. The lowest BCUT2D eigenvalue weighted by atomic mass is 9.77. The number of Topliss-reactive ketones (excluding diaryl/α,β-unsaturated/α-hetero) is 1. The predicted octanol–water partition coefficient (Wildman–Crippen LogP) is 2.39. The minimum Gasteiger partial charge on any atom is -0.410 e. The van der Waals surface area contributed by atoms with Gasteiger partial charge in [-0.3, -0.25) is 19.6 Å². The normalized spacial score (nSPS) is 18.1. The third-order valence-electron chi connectivity index (χ3n) is 10.3. The van der Waals surface area contributed by atoms with Gasteiger partial charge >= 0.3 is 6.09 Å². The van der Waals surface area contributed by atoms with Crippen molar-refractivity contribution in [3.05, 3.63) is 74.3 Å².